The zero-order valence-electron chi connectivity index (χ0n) is 12.7. The quantitative estimate of drug-likeness (QED) is 0.913. The summed E-state index contributed by atoms with van der Waals surface area (Å²) in [6.07, 6.45) is 4.62. The average molecular weight is 275 g/mol. The van der Waals surface area contributed by atoms with Gasteiger partial charge in [0.05, 0.1) is 5.60 Å². The first-order valence-electron chi connectivity index (χ1n) is 7.60. The summed E-state index contributed by atoms with van der Waals surface area (Å²) in [5.41, 5.74) is 1.22. The number of methoxy groups -OCH3 is 1. The van der Waals surface area contributed by atoms with Crippen LogP contribution in [0.15, 0.2) is 24.3 Å². The number of ether oxygens (including phenoxy) is 2. The fourth-order valence-corrected chi connectivity index (χ4v) is 3.32. The molecule has 1 atom stereocenters. The highest BCUT2D eigenvalue weighted by Crippen LogP contribution is 2.40. The molecular weight excluding hydrogens is 250 g/mol. The monoisotopic (exact) mass is 275 g/mol. The van der Waals surface area contributed by atoms with Crippen molar-refractivity contribution in [3.05, 3.63) is 29.8 Å². The minimum atomic E-state index is -0.119. The van der Waals surface area contributed by atoms with E-state index in [0.717, 1.165) is 18.7 Å². The predicted octanol–water partition coefficient (Wildman–Crippen LogP) is 3.45. The van der Waals surface area contributed by atoms with Gasteiger partial charge in [-0.1, -0.05) is 18.2 Å². The van der Waals surface area contributed by atoms with E-state index in [0.29, 0.717) is 6.04 Å². The Hall–Kier alpha value is -1.06. The van der Waals surface area contributed by atoms with Crippen LogP contribution in [0.4, 0.5) is 0 Å². The molecule has 1 N–H and O–H groups in total. The maximum Gasteiger partial charge on any atom is 0.124 e. The van der Waals surface area contributed by atoms with Crippen LogP contribution < -0.4 is 10.1 Å². The molecule has 0 saturated heterocycles. The molecular formula is C17H25NO2. The van der Waals surface area contributed by atoms with Crippen molar-refractivity contribution in [3.63, 3.8) is 0 Å². The molecule has 2 aliphatic rings. The van der Waals surface area contributed by atoms with Crippen LogP contribution in [0.25, 0.3) is 0 Å². The number of benzene rings is 1. The van der Waals surface area contributed by atoms with Crippen molar-refractivity contribution in [3.8, 4) is 5.75 Å². The Labute approximate surface area is 121 Å². The molecule has 0 aromatic heterocycles. The molecule has 0 spiro atoms. The van der Waals surface area contributed by atoms with Gasteiger partial charge in [-0.25, -0.2) is 0 Å². The Balaban J connectivity index is 1.75. The first kappa shape index (κ1) is 13.9. The topological polar surface area (TPSA) is 30.5 Å². The highest BCUT2D eigenvalue weighted by molar-refractivity contribution is 5.38. The molecule has 1 heterocycles. The lowest BCUT2D eigenvalue weighted by Gasteiger charge is -2.43. The third-order valence-electron chi connectivity index (χ3n) is 4.74. The number of hydrogen-bond donors (Lipinski definition) is 1. The van der Waals surface area contributed by atoms with Gasteiger partial charge in [-0.2, -0.15) is 0 Å². The Morgan fingerprint density at radius 3 is 2.70 bits per heavy atom. The van der Waals surface area contributed by atoms with Gasteiger partial charge in [-0.05, 0) is 39.2 Å². The van der Waals surface area contributed by atoms with Gasteiger partial charge in [-0.15, -0.1) is 0 Å². The fraction of sp³-hybridized carbons (Fsp3) is 0.647. The summed E-state index contributed by atoms with van der Waals surface area (Å²) >= 11 is 0. The second-order valence-electron chi connectivity index (χ2n) is 6.78. The molecule has 1 aromatic rings. The lowest BCUT2D eigenvalue weighted by molar-refractivity contribution is -0.0727. The molecule has 0 radical (unpaired) electrons. The standard InChI is InChI=1S/C17H25NO2/c1-16(2)11-14(13-7-4-5-8-15(13)20-16)18-12-17(19-3)9-6-10-17/h4-5,7-8,14,18H,6,9-12H2,1-3H3. The van der Waals surface area contributed by atoms with Crippen LogP contribution in [0.2, 0.25) is 0 Å². The molecule has 20 heavy (non-hydrogen) atoms. The summed E-state index contributed by atoms with van der Waals surface area (Å²) in [6, 6.07) is 8.72. The zero-order valence-corrected chi connectivity index (χ0v) is 12.7. The van der Waals surface area contributed by atoms with Gasteiger partial charge in [0, 0.05) is 31.7 Å². The van der Waals surface area contributed by atoms with E-state index in [9.17, 15) is 0 Å². The third-order valence-corrected chi connectivity index (χ3v) is 4.74. The molecule has 1 saturated carbocycles. The number of hydrogen-bond acceptors (Lipinski definition) is 3. The van der Waals surface area contributed by atoms with E-state index in [4.69, 9.17) is 9.47 Å². The highest BCUT2D eigenvalue weighted by atomic mass is 16.5. The predicted molar refractivity (Wildman–Crippen MR) is 80.1 cm³/mol. The van der Waals surface area contributed by atoms with E-state index in [1.807, 2.05) is 13.2 Å². The summed E-state index contributed by atoms with van der Waals surface area (Å²) in [5.74, 6) is 1.02. The second kappa shape index (κ2) is 5.05. The van der Waals surface area contributed by atoms with E-state index in [1.165, 1.54) is 24.8 Å². The molecule has 3 nitrogen and oxygen atoms in total. The second-order valence-corrected chi connectivity index (χ2v) is 6.78. The lowest BCUT2D eigenvalue weighted by Crippen LogP contribution is -2.50. The minimum absolute atomic E-state index is 0.0669. The van der Waals surface area contributed by atoms with Crippen molar-refractivity contribution in [1.29, 1.82) is 0 Å². The largest absolute Gasteiger partial charge is 0.487 e. The summed E-state index contributed by atoms with van der Waals surface area (Å²) < 4.78 is 11.8. The van der Waals surface area contributed by atoms with Crippen LogP contribution in [0.5, 0.6) is 5.75 Å². The molecule has 0 bridgehead atoms. The molecule has 1 fully saturated rings. The van der Waals surface area contributed by atoms with Crippen LogP contribution in [-0.2, 0) is 4.74 Å². The summed E-state index contributed by atoms with van der Waals surface area (Å²) in [5, 5.41) is 3.72. The van der Waals surface area contributed by atoms with Crippen LogP contribution in [0.3, 0.4) is 0 Å². The number of fused-ring (bicyclic) bond motifs is 1. The Morgan fingerprint density at radius 2 is 2.05 bits per heavy atom. The molecule has 1 aliphatic heterocycles. The zero-order chi connectivity index (χ0) is 14.2. The Kier molecular flexibility index (Phi) is 3.51. The third kappa shape index (κ3) is 2.57. The highest BCUT2D eigenvalue weighted by Gasteiger charge is 2.39. The number of rotatable bonds is 4. The summed E-state index contributed by atoms with van der Waals surface area (Å²) in [6.45, 7) is 5.25. The van der Waals surface area contributed by atoms with Gasteiger partial charge < -0.3 is 14.8 Å². The van der Waals surface area contributed by atoms with Crippen molar-refractivity contribution < 1.29 is 9.47 Å². The Bertz CT molecular complexity index is 474. The van der Waals surface area contributed by atoms with Gasteiger partial charge >= 0.3 is 0 Å². The maximum atomic E-state index is 6.08. The van der Waals surface area contributed by atoms with Gasteiger partial charge in [0.2, 0.25) is 0 Å². The fourth-order valence-electron chi connectivity index (χ4n) is 3.32. The van der Waals surface area contributed by atoms with E-state index in [2.05, 4.69) is 37.4 Å². The summed E-state index contributed by atoms with van der Waals surface area (Å²) in [7, 11) is 1.84. The van der Waals surface area contributed by atoms with Gasteiger partial charge in [0.25, 0.3) is 0 Å². The van der Waals surface area contributed by atoms with Gasteiger partial charge in [-0.3, -0.25) is 0 Å². The van der Waals surface area contributed by atoms with Crippen LogP contribution in [-0.4, -0.2) is 24.9 Å². The molecule has 1 aromatic carbocycles. The van der Waals surface area contributed by atoms with Crippen LogP contribution in [0, 0.1) is 0 Å². The molecule has 1 aliphatic carbocycles. The molecule has 110 valence electrons. The van der Waals surface area contributed by atoms with Crippen molar-refractivity contribution in [2.24, 2.45) is 0 Å². The number of para-hydroxylation sites is 1. The molecule has 0 amide bonds. The average Bonchev–Trinajstić information content (AvgIpc) is 2.36. The van der Waals surface area contributed by atoms with Crippen molar-refractivity contribution >= 4 is 0 Å². The van der Waals surface area contributed by atoms with E-state index in [-0.39, 0.29) is 11.2 Å². The van der Waals surface area contributed by atoms with Crippen molar-refractivity contribution in [1.82, 2.24) is 5.32 Å². The lowest BCUT2D eigenvalue weighted by atomic mass is 9.79. The van der Waals surface area contributed by atoms with Crippen LogP contribution in [0.1, 0.15) is 51.1 Å². The smallest absolute Gasteiger partial charge is 0.124 e. The van der Waals surface area contributed by atoms with E-state index in [1.54, 1.807) is 0 Å². The SMILES string of the molecule is COC1(CNC2CC(C)(C)Oc3ccccc32)CCC1. The molecule has 3 heteroatoms. The summed E-state index contributed by atoms with van der Waals surface area (Å²) in [4.78, 5) is 0. The normalized spacial score (nSPS) is 26.2. The molecule has 3 rings (SSSR count). The van der Waals surface area contributed by atoms with E-state index < -0.39 is 0 Å². The first-order chi connectivity index (χ1) is 9.54. The van der Waals surface area contributed by atoms with Gasteiger partial charge in [0.1, 0.15) is 11.4 Å². The minimum Gasteiger partial charge on any atom is -0.487 e. The first-order valence-corrected chi connectivity index (χ1v) is 7.60. The maximum absolute atomic E-state index is 6.08. The molecule has 1 unspecified atom stereocenters. The van der Waals surface area contributed by atoms with Gasteiger partial charge in [0.15, 0.2) is 0 Å². The Morgan fingerprint density at radius 1 is 1.30 bits per heavy atom. The van der Waals surface area contributed by atoms with Crippen molar-refractivity contribution in [2.45, 2.75) is 56.8 Å². The van der Waals surface area contributed by atoms with Crippen LogP contribution >= 0.6 is 0 Å². The van der Waals surface area contributed by atoms with E-state index >= 15 is 0 Å². The number of nitrogens with one attached hydrogen (secondary N) is 1. The van der Waals surface area contributed by atoms with Crippen molar-refractivity contribution in [2.75, 3.05) is 13.7 Å².